The maximum Gasteiger partial charge on any atom is 0.213 e. The maximum atomic E-state index is 5.63. The molecule has 106 valence electrons. The number of halogens is 1. The normalized spacial score (nSPS) is 17.6. The van der Waals surface area contributed by atoms with Crippen LogP contribution < -0.4 is 4.74 Å². The van der Waals surface area contributed by atoms with E-state index < -0.39 is 0 Å². The summed E-state index contributed by atoms with van der Waals surface area (Å²) in [5.41, 5.74) is 0. The van der Waals surface area contributed by atoms with Crippen molar-refractivity contribution in [1.29, 1.82) is 0 Å². The summed E-state index contributed by atoms with van der Waals surface area (Å²) < 4.78 is 6.62. The van der Waals surface area contributed by atoms with Gasteiger partial charge in [0.05, 0.1) is 6.61 Å². The molecule has 0 bridgehead atoms. The second-order valence-corrected chi connectivity index (χ2v) is 6.32. The lowest BCUT2D eigenvalue weighted by Gasteiger charge is -2.28. The van der Waals surface area contributed by atoms with Gasteiger partial charge in [-0.15, -0.1) is 0 Å². The number of likely N-dealkylation sites (tertiary alicyclic amines) is 1. The van der Waals surface area contributed by atoms with Gasteiger partial charge in [-0.25, -0.2) is 4.98 Å². The maximum absolute atomic E-state index is 5.63. The first kappa shape index (κ1) is 14.8. The highest BCUT2D eigenvalue weighted by molar-refractivity contribution is 9.10. The third-order valence-corrected chi connectivity index (χ3v) is 4.26. The van der Waals surface area contributed by atoms with E-state index in [0.29, 0.717) is 0 Å². The fourth-order valence-electron chi connectivity index (χ4n) is 2.51. The van der Waals surface area contributed by atoms with Crippen LogP contribution in [0.3, 0.4) is 0 Å². The fourth-order valence-corrected chi connectivity index (χ4v) is 2.74. The molecule has 1 fully saturated rings. The zero-order chi connectivity index (χ0) is 13.5. The Hall–Kier alpha value is -0.610. The lowest BCUT2D eigenvalue weighted by atomic mass is 9.92. The van der Waals surface area contributed by atoms with Crippen LogP contribution in [0.15, 0.2) is 22.8 Å². The number of nitrogens with zero attached hydrogens (tertiary/aromatic N) is 2. The zero-order valence-electron chi connectivity index (χ0n) is 11.6. The highest BCUT2D eigenvalue weighted by Gasteiger charge is 2.15. The summed E-state index contributed by atoms with van der Waals surface area (Å²) >= 11 is 3.37. The van der Waals surface area contributed by atoms with Gasteiger partial charge >= 0.3 is 0 Å². The largest absolute Gasteiger partial charge is 0.478 e. The van der Waals surface area contributed by atoms with Gasteiger partial charge < -0.3 is 9.64 Å². The van der Waals surface area contributed by atoms with E-state index >= 15 is 0 Å². The molecule has 0 spiro atoms. The lowest BCUT2D eigenvalue weighted by Crippen LogP contribution is -2.30. The van der Waals surface area contributed by atoms with E-state index in [2.05, 4.69) is 32.9 Å². The zero-order valence-corrected chi connectivity index (χ0v) is 13.2. The molecule has 0 saturated carbocycles. The summed E-state index contributed by atoms with van der Waals surface area (Å²) in [4.78, 5) is 6.63. The molecule has 0 aliphatic carbocycles. The first-order chi connectivity index (χ1) is 9.24. The van der Waals surface area contributed by atoms with Crippen LogP contribution in [0.4, 0.5) is 0 Å². The molecule has 1 aliphatic rings. The van der Waals surface area contributed by atoms with Gasteiger partial charge in [0.2, 0.25) is 5.88 Å². The van der Waals surface area contributed by atoms with Gasteiger partial charge in [0.25, 0.3) is 0 Å². The van der Waals surface area contributed by atoms with Gasteiger partial charge in [0.1, 0.15) is 0 Å². The summed E-state index contributed by atoms with van der Waals surface area (Å²) in [5.74, 6) is 1.66. The molecule has 1 aliphatic heterocycles. The van der Waals surface area contributed by atoms with Crippen LogP contribution in [0.1, 0.15) is 32.1 Å². The molecule has 0 atom stereocenters. The van der Waals surface area contributed by atoms with E-state index in [1.54, 1.807) is 6.20 Å². The molecule has 1 aromatic heterocycles. The average molecular weight is 327 g/mol. The van der Waals surface area contributed by atoms with Crippen LogP contribution in [0.25, 0.3) is 0 Å². The van der Waals surface area contributed by atoms with Crippen molar-refractivity contribution in [1.82, 2.24) is 9.88 Å². The molecule has 19 heavy (non-hydrogen) atoms. The third kappa shape index (κ3) is 5.49. The second-order valence-electron chi connectivity index (χ2n) is 5.41. The number of rotatable bonds is 6. The predicted octanol–water partition coefficient (Wildman–Crippen LogP) is 3.74. The molecule has 1 saturated heterocycles. The number of aromatic nitrogens is 1. The van der Waals surface area contributed by atoms with Crippen LogP contribution >= 0.6 is 15.9 Å². The van der Waals surface area contributed by atoms with Crippen LogP contribution in [0.2, 0.25) is 0 Å². The van der Waals surface area contributed by atoms with E-state index in [-0.39, 0.29) is 0 Å². The average Bonchev–Trinajstić information content (AvgIpc) is 2.43. The number of ether oxygens (including phenoxy) is 1. The van der Waals surface area contributed by atoms with Gasteiger partial charge in [0.15, 0.2) is 0 Å². The van der Waals surface area contributed by atoms with Crippen LogP contribution in [0.5, 0.6) is 5.88 Å². The Morgan fingerprint density at radius 1 is 1.32 bits per heavy atom. The van der Waals surface area contributed by atoms with Crippen molar-refractivity contribution in [3.8, 4) is 5.88 Å². The predicted molar refractivity (Wildman–Crippen MR) is 81.5 cm³/mol. The SMILES string of the molecule is CN1CCC(CCCCOc2ccc(Br)cn2)CC1. The van der Waals surface area contributed by atoms with Crippen molar-refractivity contribution < 1.29 is 4.74 Å². The molecule has 0 amide bonds. The van der Waals surface area contributed by atoms with Gasteiger partial charge in [-0.05, 0) is 73.7 Å². The Labute approximate surface area is 124 Å². The molecular formula is C15H23BrN2O. The monoisotopic (exact) mass is 326 g/mol. The Balaban J connectivity index is 1.53. The Morgan fingerprint density at radius 3 is 2.79 bits per heavy atom. The molecule has 2 rings (SSSR count). The van der Waals surface area contributed by atoms with Gasteiger partial charge in [-0.3, -0.25) is 0 Å². The van der Waals surface area contributed by atoms with E-state index in [9.17, 15) is 0 Å². The molecular weight excluding hydrogens is 304 g/mol. The van der Waals surface area contributed by atoms with Gasteiger partial charge in [-0.1, -0.05) is 6.42 Å². The van der Waals surface area contributed by atoms with E-state index in [0.717, 1.165) is 29.3 Å². The minimum Gasteiger partial charge on any atom is -0.478 e. The van der Waals surface area contributed by atoms with E-state index in [1.807, 2.05) is 12.1 Å². The molecule has 0 N–H and O–H groups in total. The Kier molecular flexibility index (Phi) is 6.11. The van der Waals surface area contributed by atoms with Crippen molar-refractivity contribution >= 4 is 15.9 Å². The molecule has 0 unspecified atom stereocenters. The molecule has 0 aromatic carbocycles. The molecule has 4 heteroatoms. The van der Waals surface area contributed by atoms with Crippen LogP contribution in [-0.2, 0) is 0 Å². The number of hydrogen-bond donors (Lipinski definition) is 0. The Morgan fingerprint density at radius 2 is 2.11 bits per heavy atom. The van der Waals surface area contributed by atoms with Crippen molar-refractivity contribution in [2.24, 2.45) is 5.92 Å². The van der Waals surface area contributed by atoms with E-state index in [4.69, 9.17) is 4.74 Å². The number of pyridine rings is 1. The Bertz CT molecular complexity index is 361. The second kappa shape index (κ2) is 7.85. The molecule has 1 aromatic rings. The summed E-state index contributed by atoms with van der Waals surface area (Å²) in [7, 11) is 2.22. The summed E-state index contributed by atoms with van der Waals surface area (Å²) in [6, 6.07) is 3.86. The summed E-state index contributed by atoms with van der Waals surface area (Å²) in [6.07, 6.45) is 8.26. The van der Waals surface area contributed by atoms with Crippen LogP contribution in [0, 0.1) is 5.92 Å². The topological polar surface area (TPSA) is 25.4 Å². The third-order valence-electron chi connectivity index (χ3n) is 3.80. The van der Waals surface area contributed by atoms with Crippen LogP contribution in [-0.4, -0.2) is 36.6 Å². The minimum absolute atomic E-state index is 0.725. The van der Waals surface area contributed by atoms with Gasteiger partial charge in [-0.2, -0.15) is 0 Å². The van der Waals surface area contributed by atoms with Crippen molar-refractivity contribution in [3.05, 3.63) is 22.8 Å². The highest BCUT2D eigenvalue weighted by Crippen LogP contribution is 2.21. The standard InChI is InChI=1S/C15H23BrN2O/c1-18-9-7-13(8-10-18)4-2-3-11-19-15-6-5-14(16)12-17-15/h5-6,12-13H,2-4,7-11H2,1H3. The number of piperidine rings is 1. The van der Waals surface area contributed by atoms with Crippen molar-refractivity contribution in [3.63, 3.8) is 0 Å². The lowest BCUT2D eigenvalue weighted by molar-refractivity contribution is 0.205. The number of unbranched alkanes of at least 4 members (excludes halogenated alkanes) is 1. The smallest absolute Gasteiger partial charge is 0.213 e. The molecule has 3 nitrogen and oxygen atoms in total. The first-order valence-corrected chi connectivity index (χ1v) is 7.96. The number of hydrogen-bond acceptors (Lipinski definition) is 3. The molecule has 0 radical (unpaired) electrons. The van der Waals surface area contributed by atoms with Crippen molar-refractivity contribution in [2.75, 3.05) is 26.7 Å². The van der Waals surface area contributed by atoms with Gasteiger partial charge in [0, 0.05) is 16.7 Å². The molecule has 2 heterocycles. The summed E-state index contributed by atoms with van der Waals surface area (Å²) in [6.45, 7) is 3.31. The van der Waals surface area contributed by atoms with Crippen molar-refractivity contribution in [2.45, 2.75) is 32.1 Å². The van der Waals surface area contributed by atoms with E-state index in [1.165, 1.54) is 38.8 Å². The first-order valence-electron chi connectivity index (χ1n) is 7.17. The quantitative estimate of drug-likeness (QED) is 0.745. The highest BCUT2D eigenvalue weighted by atomic mass is 79.9. The fraction of sp³-hybridized carbons (Fsp3) is 0.667. The summed E-state index contributed by atoms with van der Waals surface area (Å²) in [5, 5.41) is 0. The minimum atomic E-state index is 0.725.